The molecule has 6 nitrogen and oxygen atoms in total. The molecule has 0 spiro atoms. The molecular weight excluding hydrogens is 489 g/mol. The van der Waals surface area contributed by atoms with Crippen LogP contribution in [0.4, 0.5) is 5.69 Å². The van der Waals surface area contributed by atoms with E-state index in [4.69, 9.17) is 4.99 Å². The number of aliphatic imine (C=N–C) groups is 1. The average Bonchev–Trinajstić information content (AvgIpc) is 2.70. The lowest BCUT2D eigenvalue weighted by Gasteiger charge is -2.21. The minimum Gasteiger partial charge on any atom is -0.357 e. The Hall–Kier alpha value is -1.35. The van der Waals surface area contributed by atoms with Gasteiger partial charge in [0.2, 0.25) is 5.91 Å². The normalized spacial score (nSPS) is 12.5. The SMILES string of the molecule is CCNC(=NCc1ccc(NC(=O)C(C)C)cc1)NC(C)CCCN(CC)CC.I. The summed E-state index contributed by atoms with van der Waals surface area (Å²) in [7, 11) is 0. The van der Waals surface area contributed by atoms with Crippen LogP contribution in [0.5, 0.6) is 0 Å². The number of nitrogens with one attached hydrogen (secondary N) is 3. The molecule has 0 bridgehead atoms. The van der Waals surface area contributed by atoms with Crippen LogP contribution in [0, 0.1) is 5.92 Å². The van der Waals surface area contributed by atoms with Gasteiger partial charge in [-0.15, -0.1) is 24.0 Å². The molecule has 1 aromatic rings. The summed E-state index contributed by atoms with van der Waals surface area (Å²) in [6, 6.07) is 8.26. The van der Waals surface area contributed by atoms with Gasteiger partial charge in [0.25, 0.3) is 0 Å². The second-order valence-corrected chi connectivity index (χ2v) is 7.75. The van der Waals surface area contributed by atoms with Crippen molar-refractivity contribution in [3.8, 4) is 0 Å². The van der Waals surface area contributed by atoms with Crippen molar-refractivity contribution in [1.29, 1.82) is 0 Å². The van der Waals surface area contributed by atoms with E-state index >= 15 is 0 Å². The molecule has 3 N–H and O–H groups in total. The Kier molecular flexibility index (Phi) is 15.6. The summed E-state index contributed by atoms with van der Waals surface area (Å²) in [6.45, 7) is 17.3. The molecule has 0 radical (unpaired) electrons. The number of hydrogen-bond donors (Lipinski definition) is 3. The highest BCUT2D eigenvalue weighted by molar-refractivity contribution is 14.0. The summed E-state index contributed by atoms with van der Waals surface area (Å²) < 4.78 is 0. The van der Waals surface area contributed by atoms with Crippen molar-refractivity contribution in [2.75, 3.05) is 31.5 Å². The van der Waals surface area contributed by atoms with Crippen LogP contribution in [0.15, 0.2) is 29.3 Å². The lowest BCUT2D eigenvalue weighted by molar-refractivity contribution is -0.118. The lowest BCUT2D eigenvalue weighted by atomic mass is 10.1. The number of nitrogens with zero attached hydrogens (tertiary/aromatic N) is 2. The number of carbonyl (C=O) groups excluding carboxylic acids is 1. The van der Waals surface area contributed by atoms with Gasteiger partial charge in [-0.2, -0.15) is 0 Å². The second-order valence-electron chi connectivity index (χ2n) is 7.75. The minimum atomic E-state index is -0.0259. The van der Waals surface area contributed by atoms with Crippen molar-refractivity contribution in [3.05, 3.63) is 29.8 Å². The number of guanidine groups is 1. The van der Waals surface area contributed by atoms with Crippen LogP contribution in [0.2, 0.25) is 0 Å². The fourth-order valence-electron chi connectivity index (χ4n) is 2.94. The van der Waals surface area contributed by atoms with Crippen LogP contribution in [-0.4, -0.2) is 49.0 Å². The van der Waals surface area contributed by atoms with Crippen LogP contribution in [0.3, 0.4) is 0 Å². The predicted molar refractivity (Wildman–Crippen MR) is 140 cm³/mol. The van der Waals surface area contributed by atoms with E-state index in [1.54, 1.807) is 0 Å². The molecule has 1 rings (SSSR count). The van der Waals surface area contributed by atoms with E-state index < -0.39 is 0 Å². The highest BCUT2D eigenvalue weighted by Gasteiger charge is 2.08. The van der Waals surface area contributed by atoms with Gasteiger partial charge >= 0.3 is 0 Å². The topological polar surface area (TPSA) is 68.8 Å². The molecule has 1 amide bonds. The molecule has 30 heavy (non-hydrogen) atoms. The third kappa shape index (κ3) is 11.7. The monoisotopic (exact) mass is 531 g/mol. The van der Waals surface area contributed by atoms with Gasteiger partial charge < -0.3 is 20.9 Å². The zero-order chi connectivity index (χ0) is 21.6. The van der Waals surface area contributed by atoms with Crippen molar-refractivity contribution in [3.63, 3.8) is 0 Å². The molecule has 0 saturated carbocycles. The molecular formula is C23H42IN5O. The highest BCUT2D eigenvalue weighted by Crippen LogP contribution is 2.12. The van der Waals surface area contributed by atoms with Gasteiger partial charge in [-0.05, 0) is 64.0 Å². The number of amides is 1. The largest absolute Gasteiger partial charge is 0.357 e. The first-order valence-corrected chi connectivity index (χ1v) is 11.1. The Labute approximate surface area is 200 Å². The standard InChI is InChI=1S/C23H41N5O.HI/c1-7-24-23(26-19(6)11-10-16-28(8-2)9-3)25-17-20-12-14-21(15-13-20)27-22(29)18(4)5;/h12-15,18-19H,7-11,16-17H2,1-6H3,(H,27,29)(H2,24,25,26);1H. The van der Waals surface area contributed by atoms with Crippen LogP contribution in [0.1, 0.15) is 59.9 Å². The van der Waals surface area contributed by atoms with Gasteiger partial charge in [0.05, 0.1) is 6.54 Å². The molecule has 1 atom stereocenters. The van der Waals surface area contributed by atoms with Gasteiger partial charge in [-0.3, -0.25) is 4.79 Å². The number of hydrogen-bond acceptors (Lipinski definition) is 3. The maximum absolute atomic E-state index is 11.8. The molecule has 0 saturated heterocycles. The van der Waals surface area contributed by atoms with E-state index in [9.17, 15) is 4.79 Å². The summed E-state index contributed by atoms with van der Waals surface area (Å²) in [5.41, 5.74) is 1.93. The summed E-state index contributed by atoms with van der Waals surface area (Å²) >= 11 is 0. The molecule has 0 aromatic heterocycles. The third-order valence-corrected chi connectivity index (χ3v) is 4.90. The van der Waals surface area contributed by atoms with E-state index in [1.807, 2.05) is 38.1 Å². The van der Waals surface area contributed by atoms with Crippen molar-refractivity contribution >= 4 is 41.5 Å². The fraction of sp³-hybridized carbons (Fsp3) is 0.652. The average molecular weight is 532 g/mol. The Balaban J connectivity index is 0.00000841. The Morgan fingerprint density at radius 2 is 1.70 bits per heavy atom. The van der Waals surface area contributed by atoms with E-state index in [0.29, 0.717) is 12.6 Å². The van der Waals surface area contributed by atoms with Gasteiger partial charge in [0.1, 0.15) is 0 Å². The number of anilines is 1. The first-order chi connectivity index (χ1) is 13.9. The van der Waals surface area contributed by atoms with E-state index in [1.165, 1.54) is 6.42 Å². The maximum atomic E-state index is 11.8. The van der Waals surface area contributed by atoms with Crippen molar-refractivity contribution in [2.24, 2.45) is 10.9 Å². The van der Waals surface area contributed by atoms with Gasteiger partial charge in [-0.25, -0.2) is 4.99 Å². The quantitative estimate of drug-likeness (QED) is 0.212. The highest BCUT2D eigenvalue weighted by atomic mass is 127. The lowest BCUT2D eigenvalue weighted by Crippen LogP contribution is -2.42. The van der Waals surface area contributed by atoms with E-state index in [2.05, 4.69) is 48.5 Å². The molecule has 0 fully saturated rings. The summed E-state index contributed by atoms with van der Waals surface area (Å²) in [6.07, 6.45) is 2.30. The summed E-state index contributed by atoms with van der Waals surface area (Å²) in [5, 5.41) is 9.75. The van der Waals surface area contributed by atoms with Gasteiger partial charge in [0.15, 0.2) is 5.96 Å². The number of rotatable bonds is 12. The van der Waals surface area contributed by atoms with Crippen molar-refractivity contribution < 1.29 is 4.79 Å². The summed E-state index contributed by atoms with van der Waals surface area (Å²) in [5.74, 6) is 0.853. The van der Waals surface area contributed by atoms with Gasteiger partial charge in [0, 0.05) is 24.2 Å². The van der Waals surface area contributed by atoms with E-state index in [0.717, 1.165) is 49.8 Å². The first kappa shape index (κ1) is 28.6. The zero-order valence-corrected chi connectivity index (χ0v) is 22.0. The Morgan fingerprint density at radius 3 is 2.23 bits per heavy atom. The molecule has 7 heteroatoms. The van der Waals surface area contributed by atoms with Crippen LogP contribution in [-0.2, 0) is 11.3 Å². The van der Waals surface area contributed by atoms with Gasteiger partial charge in [-0.1, -0.05) is 39.8 Å². The van der Waals surface area contributed by atoms with Crippen LogP contribution >= 0.6 is 24.0 Å². The molecule has 1 aromatic carbocycles. The van der Waals surface area contributed by atoms with Crippen LogP contribution in [0.25, 0.3) is 0 Å². The van der Waals surface area contributed by atoms with Crippen molar-refractivity contribution in [2.45, 2.75) is 67.0 Å². The fourth-order valence-corrected chi connectivity index (χ4v) is 2.94. The Bertz CT molecular complexity index is 615. The number of carbonyl (C=O) groups is 1. The molecule has 172 valence electrons. The second kappa shape index (κ2) is 16.4. The molecule has 0 aliphatic heterocycles. The smallest absolute Gasteiger partial charge is 0.226 e. The Morgan fingerprint density at radius 1 is 1.07 bits per heavy atom. The molecule has 0 aliphatic rings. The van der Waals surface area contributed by atoms with Crippen molar-refractivity contribution in [1.82, 2.24) is 15.5 Å². The molecule has 0 aliphatic carbocycles. The number of benzene rings is 1. The maximum Gasteiger partial charge on any atom is 0.226 e. The minimum absolute atomic E-state index is 0. The van der Waals surface area contributed by atoms with E-state index in [-0.39, 0.29) is 35.8 Å². The summed E-state index contributed by atoms with van der Waals surface area (Å²) in [4.78, 5) is 19.0. The third-order valence-electron chi connectivity index (χ3n) is 4.90. The predicted octanol–water partition coefficient (Wildman–Crippen LogP) is 4.46. The zero-order valence-electron chi connectivity index (χ0n) is 19.6. The first-order valence-electron chi connectivity index (χ1n) is 11.1. The molecule has 1 unspecified atom stereocenters. The molecule has 0 heterocycles. The number of halogens is 1. The van der Waals surface area contributed by atoms with Crippen LogP contribution < -0.4 is 16.0 Å².